The van der Waals surface area contributed by atoms with Crippen LogP contribution >= 0.6 is 0 Å². The third kappa shape index (κ3) is 16.0. The molecule has 0 fully saturated rings. The molecule has 0 aliphatic heterocycles. The number of quaternary nitrogens is 1. The van der Waals surface area contributed by atoms with Crippen molar-refractivity contribution in [2.75, 3.05) is 77.5 Å². The summed E-state index contributed by atoms with van der Waals surface area (Å²) < 4.78 is 12.0. The quantitative estimate of drug-likeness (QED) is 0.0332. The summed E-state index contributed by atoms with van der Waals surface area (Å²) in [4.78, 5) is 146. The van der Waals surface area contributed by atoms with Gasteiger partial charge in [0.15, 0.2) is 23.5 Å². The lowest BCUT2D eigenvalue weighted by atomic mass is 10.2. The smallest absolute Gasteiger partial charge is 0.292 e. The first-order chi connectivity index (χ1) is 42.7. The summed E-state index contributed by atoms with van der Waals surface area (Å²) in [6.45, 7) is 1.56. The number of anilines is 7. The lowest BCUT2D eigenvalue weighted by Gasteiger charge is -2.10. The second kappa shape index (κ2) is 28.0. The molecule has 8 heterocycles. The number of imidazole rings is 3. The van der Waals surface area contributed by atoms with Crippen LogP contribution in [0, 0.1) is 0 Å². The number of aryl methyl sites for hydroxylation is 8. The number of carbonyl (C=O) groups is 10. The van der Waals surface area contributed by atoms with E-state index in [1.54, 1.807) is 85.7 Å². The summed E-state index contributed by atoms with van der Waals surface area (Å²) in [7, 11) is 16.8. The van der Waals surface area contributed by atoms with Crippen molar-refractivity contribution in [1.82, 2.24) is 72.3 Å². The summed E-state index contributed by atoms with van der Waals surface area (Å²) in [5, 5.41) is 27.3. The molecule has 90 heavy (non-hydrogen) atoms. The first-order valence-electron chi connectivity index (χ1n) is 28.1. The molecule has 0 saturated heterocycles. The number of aromatic nitrogens is 11. The van der Waals surface area contributed by atoms with Gasteiger partial charge in [0.05, 0.1) is 28.4 Å². The van der Waals surface area contributed by atoms with E-state index in [9.17, 15) is 47.9 Å². The first-order valence-corrected chi connectivity index (χ1v) is 28.1. The minimum Gasteiger partial charge on any atom is -0.356 e. The van der Waals surface area contributed by atoms with E-state index < -0.39 is 59.2 Å². The molecular weight excluding hydrogens is 1170 g/mol. The molecule has 0 aliphatic rings. The molecule has 0 spiro atoms. The lowest BCUT2D eigenvalue weighted by Crippen LogP contribution is -2.67. The highest BCUT2D eigenvalue weighted by Crippen LogP contribution is 2.23. The Balaban J connectivity index is 0.758. The Morgan fingerprint density at radius 1 is 0.433 bits per heavy atom. The maximum absolute atomic E-state index is 13.5. The maximum atomic E-state index is 13.5. The van der Waals surface area contributed by atoms with Crippen LogP contribution in [-0.4, -0.2) is 162 Å². The molecule has 474 valence electrons. The number of nitrogens with zero attached hydrogens (tertiary/aromatic N) is 12. The highest BCUT2D eigenvalue weighted by Gasteiger charge is 2.25. The van der Waals surface area contributed by atoms with Gasteiger partial charge >= 0.3 is 0 Å². The summed E-state index contributed by atoms with van der Waals surface area (Å²) in [5.41, 5.74) is 6.44. The highest BCUT2D eigenvalue weighted by atomic mass is 16.2. The summed E-state index contributed by atoms with van der Waals surface area (Å²) in [6.07, 6.45) is 14.8. The van der Waals surface area contributed by atoms with Crippen molar-refractivity contribution >= 4 is 99.1 Å². The van der Waals surface area contributed by atoms with Crippen molar-refractivity contribution in [3.63, 3.8) is 0 Å². The van der Waals surface area contributed by atoms with Crippen LogP contribution in [0.15, 0.2) is 86.1 Å². The fourth-order valence-electron chi connectivity index (χ4n) is 9.39. The van der Waals surface area contributed by atoms with Gasteiger partial charge in [-0.05, 0) is 57.4 Å². The Labute approximate surface area is 514 Å². The summed E-state index contributed by atoms with van der Waals surface area (Å²) in [6, 6.07) is 6.52. The van der Waals surface area contributed by atoms with Crippen molar-refractivity contribution in [3.05, 3.63) is 132 Å². The van der Waals surface area contributed by atoms with Crippen LogP contribution in [0.25, 0.3) is 0 Å². The normalized spacial score (nSPS) is 11.4. The minimum absolute atomic E-state index is 0.0102. The fourth-order valence-corrected chi connectivity index (χ4v) is 9.39. The Morgan fingerprint density at radius 3 is 1.21 bits per heavy atom. The molecule has 13 N–H and O–H groups in total. The molecule has 0 aromatic carbocycles. The van der Waals surface area contributed by atoms with Crippen LogP contribution < -0.4 is 58.9 Å². The van der Waals surface area contributed by atoms with Gasteiger partial charge in [-0.1, -0.05) is 0 Å². The van der Waals surface area contributed by atoms with Crippen molar-refractivity contribution in [2.45, 2.75) is 25.3 Å². The van der Waals surface area contributed by atoms with Crippen LogP contribution in [0.5, 0.6) is 0 Å². The SMILES string of the molecule is CN(C)CCCNC(=O)CCNC(=O)c1cc(NC(=O)c2cc(NC(=O)c3cc(NC(=O)c4nc(NC(=O)[C@H]([NH3+])CCNC(=O)c5cc(NC(=O)c6cc(NC(=O)c7nc(NC(=O)c8nccn8C)cn7C)cn6C)cn5C)cn4C)cn3C)cn2C)cn1C. The molecule has 8 aromatic heterocycles. The van der Waals surface area contributed by atoms with Crippen LogP contribution in [-0.2, 0) is 66.0 Å². The Hall–Kier alpha value is -11.4. The van der Waals surface area contributed by atoms with Gasteiger partial charge in [0, 0.05) is 145 Å². The van der Waals surface area contributed by atoms with Gasteiger partial charge in [0.1, 0.15) is 28.5 Å². The Morgan fingerprint density at radius 2 is 0.811 bits per heavy atom. The molecule has 8 rings (SSSR count). The van der Waals surface area contributed by atoms with Crippen molar-refractivity contribution in [3.8, 4) is 0 Å². The van der Waals surface area contributed by atoms with Crippen LogP contribution in [0.1, 0.15) is 104 Å². The number of carbonyl (C=O) groups excluding carboxylic acids is 10. The second-order valence-electron chi connectivity index (χ2n) is 21.6. The zero-order valence-electron chi connectivity index (χ0n) is 51.3. The molecule has 10 amide bonds. The molecule has 0 unspecified atom stereocenters. The molecule has 0 bridgehead atoms. The average Bonchev–Trinajstić information content (AvgIpc) is 2.82. The van der Waals surface area contributed by atoms with E-state index in [2.05, 4.69) is 73.9 Å². The highest BCUT2D eigenvalue weighted by molar-refractivity contribution is 6.10. The Kier molecular flexibility index (Phi) is 20.1. The number of hydrogen-bond acceptors (Lipinski definition) is 14. The van der Waals surface area contributed by atoms with E-state index in [1.165, 1.54) is 93.3 Å². The van der Waals surface area contributed by atoms with E-state index in [4.69, 9.17) is 0 Å². The van der Waals surface area contributed by atoms with E-state index in [-0.39, 0.29) is 95.1 Å². The third-order valence-electron chi connectivity index (χ3n) is 14.0. The molecule has 0 radical (unpaired) electrons. The largest absolute Gasteiger partial charge is 0.356 e. The van der Waals surface area contributed by atoms with Crippen molar-refractivity contribution in [2.24, 2.45) is 56.4 Å². The van der Waals surface area contributed by atoms with E-state index in [0.29, 0.717) is 29.3 Å². The standard InChI is InChI=1S/C57H71N23O10/c1-72(2)18-11-14-59-45(81)13-16-62-51(84)39-21-33(26-75(39)5)63-52(85)40-22-34(27-76(40)6)65-54(87)42-24-35(28-78(42)8)66-56(89)47-68-43(30-79(47)9)70-49(82)37(58)12-15-61-50(83)38-20-32(25-74(38)4)64-53(86)41-23-36(29-77(41)7)67-57(90)48-69-44(31-80(48)10)71-55(88)46-60-17-19-73(46)3/h17,19-31,37H,11-16,18,58H2,1-10H3,(H,59,81)(H,61,83)(H,62,84)(H,63,85)(H,64,86)(H,65,87)(H,66,89)(H,67,90)(H,70,82)(H,71,88)/p+1/t37-/m1/s1. The number of hydrogen-bond donors (Lipinski definition) is 11. The van der Waals surface area contributed by atoms with E-state index >= 15 is 0 Å². The molecule has 1 atom stereocenters. The Bertz CT molecular complexity index is 4060. The van der Waals surface area contributed by atoms with Gasteiger partial charge in [-0.25, -0.2) is 15.0 Å². The van der Waals surface area contributed by atoms with Gasteiger partial charge < -0.3 is 100 Å². The van der Waals surface area contributed by atoms with Crippen LogP contribution in [0.4, 0.5) is 40.1 Å². The molecule has 0 aliphatic carbocycles. The minimum atomic E-state index is -0.862. The predicted molar refractivity (Wildman–Crippen MR) is 330 cm³/mol. The number of amides is 10. The molecule has 33 heteroatoms. The van der Waals surface area contributed by atoms with Crippen molar-refractivity contribution in [1.29, 1.82) is 0 Å². The zero-order valence-corrected chi connectivity index (χ0v) is 51.3. The van der Waals surface area contributed by atoms with Crippen molar-refractivity contribution < 1.29 is 53.7 Å². The topological polar surface area (TPSA) is 400 Å². The zero-order chi connectivity index (χ0) is 65.2. The second-order valence-corrected chi connectivity index (χ2v) is 21.6. The lowest BCUT2D eigenvalue weighted by molar-refractivity contribution is -0.403. The van der Waals surface area contributed by atoms with Crippen LogP contribution in [0.2, 0.25) is 0 Å². The first kappa shape index (κ1) is 64.6. The predicted octanol–water partition coefficient (Wildman–Crippen LogP) is 0.650. The van der Waals surface area contributed by atoms with Gasteiger partial charge in [0.2, 0.25) is 17.6 Å². The van der Waals surface area contributed by atoms with Gasteiger partial charge in [0.25, 0.3) is 53.2 Å². The molecular formula is C57H72N23O10+. The van der Waals surface area contributed by atoms with E-state index in [0.717, 1.165) is 13.0 Å². The fraction of sp³-hybridized carbons (Fsp3) is 0.316. The van der Waals surface area contributed by atoms with Gasteiger partial charge in [-0.3, -0.25) is 47.9 Å². The van der Waals surface area contributed by atoms with Gasteiger partial charge in [-0.2, -0.15) is 0 Å². The summed E-state index contributed by atoms with van der Waals surface area (Å²) in [5.74, 6) is -4.69. The monoisotopic (exact) mass is 1240 g/mol. The van der Waals surface area contributed by atoms with E-state index in [1.807, 2.05) is 19.0 Å². The number of rotatable bonds is 26. The molecule has 8 aromatic rings. The van der Waals surface area contributed by atoms with Gasteiger partial charge in [-0.15, -0.1) is 0 Å². The summed E-state index contributed by atoms with van der Waals surface area (Å²) >= 11 is 0. The third-order valence-corrected chi connectivity index (χ3v) is 14.0. The van der Waals surface area contributed by atoms with Crippen LogP contribution in [0.3, 0.4) is 0 Å². The average molecular weight is 1240 g/mol. The molecule has 0 saturated carbocycles. The number of nitrogens with one attached hydrogen (secondary N) is 10. The molecule has 33 nitrogen and oxygen atoms in total. The maximum Gasteiger partial charge on any atom is 0.292 e.